The topological polar surface area (TPSA) is 247 Å². The number of aliphatic hydroxyl groups excluding tert-OH is 2. The van der Waals surface area contributed by atoms with E-state index in [-0.39, 0.29) is 46.6 Å². The van der Waals surface area contributed by atoms with E-state index in [1.165, 1.54) is 15.7 Å². The van der Waals surface area contributed by atoms with Crippen LogP contribution in [0.15, 0.2) is 192 Å². The molecule has 4 fully saturated rings. The van der Waals surface area contributed by atoms with Crippen LogP contribution in [0.4, 0.5) is 11.6 Å². The molecule has 4 aliphatic rings. The van der Waals surface area contributed by atoms with Crippen molar-refractivity contribution in [3.63, 3.8) is 0 Å². The van der Waals surface area contributed by atoms with Crippen LogP contribution in [0, 0.1) is 0 Å². The van der Waals surface area contributed by atoms with Gasteiger partial charge in [0.1, 0.15) is 24.8 Å². The Balaban J connectivity index is 0.000000189. The monoisotopic (exact) mass is 1210 g/mol. The van der Waals surface area contributed by atoms with Gasteiger partial charge in [-0.05, 0) is 146 Å². The van der Waals surface area contributed by atoms with Gasteiger partial charge in [0.25, 0.3) is 0 Å². The lowest BCUT2D eigenvalue weighted by Crippen LogP contribution is -2.37. The maximum absolute atomic E-state index is 13.9. The molecule has 0 radical (unpaired) electrons. The number of ether oxygens (including phenoxy) is 3. The molecule has 5 N–H and O–H groups in total. The van der Waals surface area contributed by atoms with Crippen molar-refractivity contribution in [3.8, 4) is 45.5 Å². The third-order valence-electron chi connectivity index (χ3n) is 16.6. The summed E-state index contributed by atoms with van der Waals surface area (Å²) in [7, 11) is -5.94. The van der Waals surface area contributed by atoms with Gasteiger partial charge in [0, 0.05) is 36.3 Å². The summed E-state index contributed by atoms with van der Waals surface area (Å²) in [5.74, 6) is 1.94. The largest absolute Gasteiger partial charge is 0.504 e. The molecule has 12 rings (SSSR count). The Morgan fingerprint density at radius 3 is 1.37 bits per heavy atom. The molecule has 2 aromatic heterocycles. The maximum atomic E-state index is 13.9. The number of sulfonamides is 2. The molecule has 4 heterocycles. The predicted octanol–water partition coefficient (Wildman–Crippen LogP) is 10.0. The summed E-state index contributed by atoms with van der Waals surface area (Å²) < 4.78 is 72.8. The van der Waals surface area contributed by atoms with Crippen molar-refractivity contribution >= 4 is 43.5 Å². The number of aromatic nitrogens is 2. The van der Waals surface area contributed by atoms with Crippen LogP contribution < -0.4 is 24.8 Å². The second kappa shape index (κ2) is 25.8. The van der Waals surface area contributed by atoms with Gasteiger partial charge in [-0.25, -0.2) is 26.8 Å². The summed E-state index contributed by atoms with van der Waals surface area (Å²) in [6.45, 7) is 1.15. The van der Waals surface area contributed by atoms with Crippen LogP contribution in [0.2, 0.25) is 0 Å². The number of pyridine rings is 2. The summed E-state index contributed by atoms with van der Waals surface area (Å²) in [6, 6.07) is 53.4. The number of rotatable bonds is 21. The summed E-state index contributed by atoms with van der Waals surface area (Å²) >= 11 is 0. The average Bonchev–Trinajstić information content (AvgIpc) is 1.78. The molecule has 20 heteroatoms. The van der Waals surface area contributed by atoms with Gasteiger partial charge < -0.3 is 40.2 Å². The van der Waals surface area contributed by atoms with Crippen molar-refractivity contribution in [1.82, 2.24) is 18.6 Å². The van der Waals surface area contributed by atoms with Gasteiger partial charge in [-0.2, -0.15) is 8.61 Å². The normalized spacial score (nSPS) is 17.7. The van der Waals surface area contributed by atoms with Crippen LogP contribution >= 0.6 is 0 Å². The molecule has 0 spiro atoms. The van der Waals surface area contributed by atoms with Gasteiger partial charge in [-0.3, -0.25) is 9.59 Å². The number of aromatic hydroxyl groups is 1. The number of amides is 2. The van der Waals surface area contributed by atoms with E-state index in [9.17, 15) is 41.7 Å². The maximum Gasteiger partial charge on any atom is 0.243 e. The molecule has 18 nitrogen and oxygen atoms in total. The molecule has 2 aliphatic carbocycles. The first-order valence-corrected chi connectivity index (χ1v) is 31.9. The lowest BCUT2D eigenvalue weighted by molar-refractivity contribution is -0.119. The third kappa shape index (κ3) is 13.1. The Morgan fingerprint density at radius 2 is 0.954 bits per heavy atom. The number of phenolic OH excluding ortho intramolecular Hbond substituents is 1. The fraction of sp³-hybridized carbons (Fsp3) is 0.284. The molecule has 2 saturated carbocycles. The highest BCUT2D eigenvalue weighted by molar-refractivity contribution is 7.89. The highest BCUT2D eigenvalue weighted by atomic mass is 32.2. The molecule has 8 aromatic rings. The number of nitrogens with one attached hydrogen (secondary N) is 2. The van der Waals surface area contributed by atoms with Crippen molar-refractivity contribution in [2.45, 2.75) is 97.3 Å². The van der Waals surface area contributed by atoms with Crippen LogP contribution in [-0.2, 0) is 53.7 Å². The van der Waals surface area contributed by atoms with Gasteiger partial charge in [-0.15, -0.1) is 0 Å². The highest BCUT2D eigenvalue weighted by Crippen LogP contribution is 2.52. The molecule has 6 aromatic carbocycles. The van der Waals surface area contributed by atoms with E-state index in [0.29, 0.717) is 116 Å². The summed E-state index contributed by atoms with van der Waals surface area (Å²) in [5, 5.41) is 35.2. The molecule has 2 amide bonds. The van der Waals surface area contributed by atoms with E-state index >= 15 is 0 Å². The Hall–Kier alpha value is -8.50. The molecule has 450 valence electrons. The van der Waals surface area contributed by atoms with Crippen molar-refractivity contribution in [1.29, 1.82) is 0 Å². The Kier molecular flexibility index (Phi) is 17.9. The number of phenols is 1. The minimum atomic E-state index is -3.72. The molecule has 87 heavy (non-hydrogen) atoms. The number of nitrogens with zero attached hydrogens (tertiary/aromatic N) is 4. The lowest BCUT2D eigenvalue weighted by atomic mass is 9.94. The zero-order chi connectivity index (χ0) is 60.8. The Morgan fingerprint density at radius 1 is 0.529 bits per heavy atom. The van der Waals surface area contributed by atoms with Crippen LogP contribution in [0.3, 0.4) is 0 Å². The smallest absolute Gasteiger partial charge is 0.243 e. The minimum Gasteiger partial charge on any atom is -0.504 e. The number of hydrogen-bond donors (Lipinski definition) is 5. The van der Waals surface area contributed by atoms with E-state index in [0.717, 1.165) is 35.1 Å². The highest BCUT2D eigenvalue weighted by Gasteiger charge is 2.53. The van der Waals surface area contributed by atoms with E-state index in [1.54, 1.807) is 91.0 Å². The number of hydrogen-bond acceptors (Lipinski definition) is 14. The van der Waals surface area contributed by atoms with Crippen LogP contribution in [0.1, 0.15) is 73.6 Å². The van der Waals surface area contributed by atoms with Crippen LogP contribution in [-0.4, -0.2) is 108 Å². The van der Waals surface area contributed by atoms with E-state index < -0.39 is 36.9 Å². The molecular formula is C67H68N6O12S2. The van der Waals surface area contributed by atoms with Gasteiger partial charge >= 0.3 is 0 Å². The average molecular weight is 1210 g/mol. The fourth-order valence-corrected chi connectivity index (χ4v) is 14.7. The first kappa shape index (κ1) is 60.2. The first-order chi connectivity index (χ1) is 42.1. The number of anilines is 2. The van der Waals surface area contributed by atoms with Gasteiger partial charge in [-0.1, -0.05) is 109 Å². The second-order valence-electron chi connectivity index (χ2n) is 22.2. The van der Waals surface area contributed by atoms with Crippen molar-refractivity contribution in [3.05, 3.63) is 204 Å². The molecule has 0 unspecified atom stereocenters. The lowest BCUT2D eigenvalue weighted by Gasteiger charge is -2.22. The first-order valence-electron chi connectivity index (χ1n) is 29.0. The van der Waals surface area contributed by atoms with Crippen molar-refractivity contribution in [2.75, 3.05) is 44.0 Å². The number of carbonyl (C=O) groups is 2. The Bertz CT molecular complexity index is 3980. The third-order valence-corrected chi connectivity index (χ3v) is 20.6. The van der Waals surface area contributed by atoms with Crippen molar-refractivity contribution in [2.24, 2.45) is 0 Å². The second-order valence-corrected chi connectivity index (χ2v) is 26.0. The Labute approximate surface area is 506 Å². The summed E-state index contributed by atoms with van der Waals surface area (Å²) in [4.78, 5) is 36.6. The summed E-state index contributed by atoms with van der Waals surface area (Å²) in [5.41, 5.74) is 4.79. The zero-order valence-electron chi connectivity index (χ0n) is 48.0. The minimum absolute atomic E-state index is 0.0127. The van der Waals surface area contributed by atoms with Gasteiger partial charge in [0.15, 0.2) is 23.0 Å². The quantitative estimate of drug-likeness (QED) is 0.0449. The van der Waals surface area contributed by atoms with Crippen molar-refractivity contribution < 1.29 is 56.0 Å². The fourth-order valence-electron chi connectivity index (χ4n) is 11.3. The van der Waals surface area contributed by atoms with E-state index in [2.05, 4.69) is 15.6 Å². The van der Waals surface area contributed by atoms with Gasteiger partial charge in [0.05, 0.1) is 52.3 Å². The molecule has 2 aliphatic heterocycles. The van der Waals surface area contributed by atoms with E-state index in [1.807, 2.05) is 91.0 Å². The molecule has 0 bridgehead atoms. The summed E-state index contributed by atoms with van der Waals surface area (Å²) in [6.07, 6.45) is 5.45. The number of benzene rings is 6. The van der Waals surface area contributed by atoms with Gasteiger partial charge in [0.2, 0.25) is 31.9 Å². The standard InChI is InChI=1S/C40H39N3O6S.C27H29N3O6S/c44-26-33-13-8-24-43(33)50(46,47)34-19-16-31(17-20-34)35-14-7-15-38(41-35)42-39(45)40(22-23-40)32-18-21-36(48-27-29-9-3-1-4-10-29)37(25-32)49-28-30-11-5-2-6-12-30;1-36-24-12-9-19(16-23(24)32)27(13-14-27)26(33)29-25-6-2-5-22(28-25)18-7-10-21(11-8-18)37(34,35)30-15-3-4-20(30)17-31/h1-7,9-12,14-21,25,33,44H,8,13,22-24,26-28H2,(H,41,42,45);2,5-12,16,20,31-32H,3-4,13-15,17H2,1H3,(H,28,29,33)/t33-;20-/m11/s1. The predicted molar refractivity (Wildman–Crippen MR) is 329 cm³/mol. The number of carbonyl (C=O) groups excluding carboxylic acids is 2. The SMILES string of the molecule is COc1ccc(C2(C(=O)Nc3cccc(-c4ccc(S(=O)(=O)N5CCC[C@@H]5CO)cc4)n3)CC2)cc1O.O=C(Nc1cccc(-c2ccc(S(=O)(=O)N3CCC[C@@H]3CO)cc2)n1)C1(c2ccc(OCc3ccccc3)c(OCc3ccccc3)c2)CC1. The zero-order valence-corrected chi connectivity index (χ0v) is 49.6. The molecule has 2 saturated heterocycles. The van der Waals surface area contributed by atoms with Crippen LogP contribution in [0.25, 0.3) is 22.5 Å². The molecule has 2 atom stereocenters. The number of methoxy groups -OCH3 is 1. The van der Waals surface area contributed by atoms with Crippen LogP contribution in [0.5, 0.6) is 23.0 Å². The number of aliphatic hydroxyl groups is 2. The van der Waals surface area contributed by atoms with E-state index in [4.69, 9.17) is 19.2 Å². The molecular weight excluding hydrogens is 1140 g/mol.